The van der Waals surface area contributed by atoms with E-state index >= 15 is 0 Å². The zero-order valence-corrected chi connectivity index (χ0v) is 13.7. The highest BCUT2D eigenvalue weighted by Gasteiger charge is 2.54. The van der Waals surface area contributed by atoms with Gasteiger partial charge in [0.15, 0.2) is 0 Å². The van der Waals surface area contributed by atoms with Crippen molar-refractivity contribution in [1.29, 1.82) is 0 Å². The predicted molar refractivity (Wildman–Crippen MR) is 88.5 cm³/mol. The molecule has 1 fully saturated rings. The number of hydrogen-bond acceptors (Lipinski definition) is 4. The van der Waals surface area contributed by atoms with Gasteiger partial charge in [0.1, 0.15) is 16.4 Å². The Balaban J connectivity index is 2.14. The smallest absolute Gasteiger partial charge is 0.128 e. The lowest BCUT2D eigenvalue weighted by molar-refractivity contribution is 0.170. The Kier molecular flexibility index (Phi) is 3.85. The minimum Gasteiger partial charge on any atom is -0.391 e. The lowest BCUT2D eigenvalue weighted by atomic mass is 9.92. The topological polar surface area (TPSA) is 71.0 Å². The summed E-state index contributed by atoms with van der Waals surface area (Å²) in [5, 5.41) is 10.5. The number of halogens is 1. The van der Waals surface area contributed by atoms with Gasteiger partial charge in [-0.1, -0.05) is 28.9 Å². The summed E-state index contributed by atoms with van der Waals surface area (Å²) in [5.41, 5.74) is 6.12. The molecular formula is C16H22FN3OS. The van der Waals surface area contributed by atoms with Gasteiger partial charge in [-0.25, -0.2) is 4.39 Å². The first-order chi connectivity index (χ1) is 10.4. The lowest BCUT2D eigenvalue weighted by Gasteiger charge is -2.43. The van der Waals surface area contributed by atoms with Crippen molar-refractivity contribution in [3.05, 3.63) is 35.6 Å². The zero-order chi connectivity index (χ0) is 16.0. The summed E-state index contributed by atoms with van der Waals surface area (Å²) in [6.07, 6.45) is 1.95. The van der Waals surface area contributed by atoms with Crippen molar-refractivity contribution in [1.82, 2.24) is 0 Å². The van der Waals surface area contributed by atoms with Crippen LogP contribution >= 0.6 is 0 Å². The third kappa shape index (κ3) is 2.12. The Labute approximate surface area is 132 Å². The third-order valence-corrected chi connectivity index (χ3v) is 7.68. The fraction of sp³-hybridized carbons (Fsp3) is 0.562. The Morgan fingerprint density at radius 3 is 2.77 bits per heavy atom. The molecule has 1 spiro atoms. The molecular weight excluding hydrogens is 301 g/mol. The van der Waals surface area contributed by atoms with Crippen molar-refractivity contribution in [2.24, 2.45) is 15.1 Å². The van der Waals surface area contributed by atoms with Crippen molar-refractivity contribution < 1.29 is 9.50 Å². The number of rotatable bonds is 1. The normalized spacial score (nSPS) is 38.5. The maximum absolute atomic E-state index is 14.2. The van der Waals surface area contributed by atoms with Crippen LogP contribution in [0.3, 0.4) is 0 Å². The monoisotopic (exact) mass is 323 g/mol. The fourth-order valence-electron chi connectivity index (χ4n) is 3.70. The molecule has 0 bridgehead atoms. The number of nitrogens with zero attached hydrogens (tertiary/aromatic N) is 2. The van der Waals surface area contributed by atoms with Gasteiger partial charge in [0, 0.05) is 18.4 Å². The van der Waals surface area contributed by atoms with E-state index in [0.29, 0.717) is 17.2 Å². The second-order valence-corrected chi connectivity index (χ2v) is 8.35. The minimum atomic E-state index is -0.731. The predicted octanol–water partition coefficient (Wildman–Crippen LogP) is 2.13. The molecule has 1 aliphatic heterocycles. The fourth-order valence-corrected chi connectivity index (χ4v) is 6.27. The van der Waals surface area contributed by atoms with Crippen LogP contribution in [0.5, 0.6) is 0 Å². The van der Waals surface area contributed by atoms with E-state index in [1.807, 2.05) is 13.0 Å². The van der Waals surface area contributed by atoms with Crippen molar-refractivity contribution in [3.8, 4) is 0 Å². The molecule has 3 rings (SSSR count). The van der Waals surface area contributed by atoms with E-state index in [2.05, 4.69) is 9.36 Å². The van der Waals surface area contributed by atoms with Crippen molar-refractivity contribution in [2.45, 2.75) is 42.6 Å². The van der Waals surface area contributed by atoms with Crippen LogP contribution in [0.25, 0.3) is 0 Å². The first-order valence-electron chi connectivity index (χ1n) is 7.54. The number of nitrogens with two attached hydrogens (primary N) is 1. The van der Waals surface area contributed by atoms with Crippen LogP contribution in [-0.2, 0) is 16.2 Å². The first-order valence-corrected chi connectivity index (χ1v) is 8.89. The molecule has 2 unspecified atom stereocenters. The summed E-state index contributed by atoms with van der Waals surface area (Å²) < 4.78 is 18.2. The van der Waals surface area contributed by atoms with Gasteiger partial charge in [-0.3, -0.25) is 9.36 Å². The summed E-state index contributed by atoms with van der Waals surface area (Å²) in [7, 11) is 1.29. The molecule has 0 radical (unpaired) electrons. The molecule has 3 N–H and O–H groups in total. The van der Waals surface area contributed by atoms with Gasteiger partial charge in [-0.15, -0.1) is 0 Å². The number of aliphatic hydroxyl groups is 1. The number of aliphatic imine (C=N–C) groups is 1. The summed E-state index contributed by atoms with van der Waals surface area (Å²) >= 11 is 0. The third-order valence-electron chi connectivity index (χ3n) is 4.88. The van der Waals surface area contributed by atoms with Gasteiger partial charge in [0.25, 0.3) is 0 Å². The molecule has 120 valence electrons. The van der Waals surface area contributed by atoms with E-state index in [4.69, 9.17) is 5.73 Å². The SMILES string of the molecule is CN=[S@]1C[C@@](C)(c2ccccc2F)N=C(N)C12CCCC2O. The molecule has 6 heteroatoms. The van der Waals surface area contributed by atoms with Gasteiger partial charge in [0.05, 0.1) is 11.6 Å². The summed E-state index contributed by atoms with van der Waals surface area (Å²) in [4.78, 5) is 4.67. The first kappa shape index (κ1) is 15.6. The van der Waals surface area contributed by atoms with E-state index in [9.17, 15) is 9.50 Å². The summed E-state index contributed by atoms with van der Waals surface area (Å²) in [6.45, 7) is 1.90. The van der Waals surface area contributed by atoms with E-state index in [1.54, 1.807) is 19.2 Å². The largest absolute Gasteiger partial charge is 0.391 e. The van der Waals surface area contributed by atoms with Gasteiger partial charge in [-0.05, 0) is 32.3 Å². The second-order valence-electron chi connectivity index (χ2n) is 6.24. The molecule has 2 aliphatic rings. The number of aliphatic hydroxyl groups excluding tert-OH is 1. The molecule has 4 nitrogen and oxygen atoms in total. The maximum Gasteiger partial charge on any atom is 0.128 e. The molecule has 1 aromatic carbocycles. The highest BCUT2D eigenvalue weighted by atomic mass is 32.2. The summed E-state index contributed by atoms with van der Waals surface area (Å²) in [6, 6.07) is 6.68. The molecule has 22 heavy (non-hydrogen) atoms. The van der Waals surface area contributed by atoms with Crippen molar-refractivity contribution in [3.63, 3.8) is 0 Å². The molecule has 1 aromatic rings. The van der Waals surface area contributed by atoms with Crippen molar-refractivity contribution in [2.75, 3.05) is 12.8 Å². The summed E-state index contributed by atoms with van der Waals surface area (Å²) in [5.74, 6) is 0.745. The molecule has 0 aromatic heterocycles. The molecule has 1 aliphatic carbocycles. The lowest BCUT2D eigenvalue weighted by Crippen LogP contribution is -2.59. The van der Waals surface area contributed by atoms with E-state index in [-0.39, 0.29) is 5.82 Å². The van der Waals surface area contributed by atoms with Crippen LogP contribution in [-0.4, -0.2) is 34.6 Å². The van der Waals surface area contributed by atoms with Crippen LogP contribution in [0.15, 0.2) is 33.6 Å². The Morgan fingerprint density at radius 1 is 1.45 bits per heavy atom. The average Bonchev–Trinajstić information content (AvgIpc) is 2.86. The molecule has 4 atom stereocenters. The molecule has 0 saturated heterocycles. The Morgan fingerprint density at radius 2 is 2.18 bits per heavy atom. The second kappa shape index (κ2) is 5.42. The maximum atomic E-state index is 14.2. The van der Waals surface area contributed by atoms with E-state index in [1.165, 1.54) is 6.07 Å². The Bertz CT molecular complexity index is 663. The quantitative estimate of drug-likeness (QED) is 0.831. The molecule has 1 saturated carbocycles. The standard InChI is InChI=1S/C16H22FN3OS/c1-15(11-6-3-4-7-12(11)17)10-22(19-2)16(14(18)20-15)9-5-8-13(16)21/h3-4,6-7,13,21H,5,8-10H2,1-2H3,(H2,18,20)/t13?,15-,16?,22-/m0/s1. The van der Waals surface area contributed by atoms with E-state index in [0.717, 1.165) is 19.3 Å². The number of benzene rings is 1. The van der Waals surface area contributed by atoms with Crippen LogP contribution in [0.1, 0.15) is 31.7 Å². The Hall–Kier alpha value is -1.27. The van der Waals surface area contributed by atoms with Gasteiger partial charge < -0.3 is 10.8 Å². The minimum absolute atomic E-state index is 0.274. The highest BCUT2D eigenvalue weighted by molar-refractivity contribution is 7.89. The molecule has 0 amide bonds. The highest BCUT2D eigenvalue weighted by Crippen LogP contribution is 2.44. The average molecular weight is 323 g/mol. The van der Waals surface area contributed by atoms with Crippen molar-refractivity contribution >= 4 is 16.5 Å². The van der Waals surface area contributed by atoms with Crippen LogP contribution < -0.4 is 5.73 Å². The van der Waals surface area contributed by atoms with Gasteiger partial charge >= 0.3 is 0 Å². The molecule has 1 heterocycles. The number of amidine groups is 1. The zero-order valence-electron chi connectivity index (χ0n) is 12.9. The van der Waals surface area contributed by atoms with Crippen LogP contribution in [0.4, 0.5) is 4.39 Å². The van der Waals surface area contributed by atoms with Crippen LogP contribution in [0.2, 0.25) is 0 Å². The van der Waals surface area contributed by atoms with E-state index < -0.39 is 27.1 Å². The van der Waals surface area contributed by atoms with Gasteiger partial charge in [-0.2, -0.15) is 0 Å². The van der Waals surface area contributed by atoms with Crippen LogP contribution in [0, 0.1) is 5.82 Å². The number of hydrogen-bond donors (Lipinski definition) is 2. The van der Waals surface area contributed by atoms with Gasteiger partial charge in [0.2, 0.25) is 0 Å².